The third kappa shape index (κ3) is 3.97. The predicted molar refractivity (Wildman–Crippen MR) is 96.5 cm³/mol. The van der Waals surface area contributed by atoms with Gasteiger partial charge in [-0.2, -0.15) is 0 Å². The SMILES string of the molecule is CC(C)[C@H](NC(=O)/C=C\c1cccs1)c1ccc2c(c1)OCCO2. The standard InChI is InChI=1S/C19H21NO3S/c1-13(2)19(20-18(21)8-6-15-4-3-11-24-15)14-5-7-16-17(12-14)23-10-9-22-16/h3-8,11-13,19H,9-10H2,1-2H3,(H,20,21)/b8-6-/t19-/m0/s1. The lowest BCUT2D eigenvalue weighted by atomic mass is 9.95. The molecule has 2 aromatic rings. The fraction of sp³-hybridized carbons (Fsp3) is 0.316. The van der Waals surface area contributed by atoms with E-state index in [0.29, 0.717) is 13.2 Å². The number of carbonyl (C=O) groups excluding carboxylic acids is 1. The molecule has 0 spiro atoms. The Labute approximate surface area is 146 Å². The Morgan fingerprint density at radius 1 is 1.21 bits per heavy atom. The summed E-state index contributed by atoms with van der Waals surface area (Å²) in [6.45, 7) is 5.30. The second-order valence-corrected chi connectivity index (χ2v) is 6.96. The Kier molecular flexibility index (Phi) is 5.20. The second-order valence-electron chi connectivity index (χ2n) is 5.98. The molecule has 0 bridgehead atoms. The molecule has 4 nitrogen and oxygen atoms in total. The first-order valence-electron chi connectivity index (χ1n) is 8.05. The molecular weight excluding hydrogens is 322 g/mol. The summed E-state index contributed by atoms with van der Waals surface area (Å²) in [5, 5.41) is 5.07. The predicted octanol–water partition coefficient (Wildman–Crippen LogP) is 4.05. The monoisotopic (exact) mass is 343 g/mol. The van der Waals surface area contributed by atoms with E-state index in [0.717, 1.165) is 21.9 Å². The zero-order valence-corrected chi connectivity index (χ0v) is 14.6. The largest absolute Gasteiger partial charge is 0.486 e. The number of ether oxygens (including phenoxy) is 2. The number of nitrogens with one attached hydrogen (secondary N) is 1. The van der Waals surface area contributed by atoms with Crippen molar-refractivity contribution in [1.29, 1.82) is 0 Å². The number of amides is 1. The maximum atomic E-state index is 12.3. The summed E-state index contributed by atoms with van der Waals surface area (Å²) in [5.74, 6) is 1.66. The van der Waals surface area contributed by atoms with E-state index in [-0.39, 0.29) is 17.9 Å². The third-order valence-corrected chi connectivity index (χ3v) is 4.67. The highest BCUT2D eigenvalue weighted by Crippen LogP contribution is 2.34. The van der Waals surface area contributed by atoms with Crippen LogP contribution in [0.25, 0.3) is 6.08 Å². The van der Waals surface area contributed by atoms with Crippen LogP contribution in [0.2, 0.25) is 0 Å². The van der Waals surface area contributed by atoms with Crippen molar-refractivity contribution in [3.63, 3.8) is 0 Å². The number of fused-ring (bicyclic) bond motifs is 1. The molecule has 1 amide bonds. The number of hydrogen-bond acceptors (Lipinski definition) is 4. The average molecular weight is 343 g/mol. The number of benzene rings is 1. The highest BCUT2D eigenvalue weighted by Gasteiger charge is 2.20. The van der Waals surface area contributed by atoms with Gasteiger partial charge in [0.2, 0.25) is 5.91 Å². The first kappa shape index (κ1) is 16.6. The number of thiophene rings is 1. The fourth-order valence-electron chi connectivity index (χ4n) is 2.63. The summed E-state index contributed by atoms with van der Waals surface area (Å²) in [7, 11) is 0. The van der Waals surface area contributed by atoms with Gasteiger partial charge in [0.1, 0.15) is 13.2 Å². The van der Waals surface area contributed by atoms with Crippen molar-refractivity contribution in [2.45, 2.75) is 19.9 Å². The van der Waals surface area contributed by atoms with Crippen molar-refractivity contribution in [3.05, 3.63) is 52.2 Å². The third-order valence-electron chi connectivity index (χ3n) is 3.83. The van der Waals surface area contributed by atoms with Crippen LogP contribution in [0, 0.1) is 5.92 Å². The topological polar surface area (TPSA) is 47.6 Å². The molecule has 0 unspecified atom stereocenters. The summed E-state index contributed by atoms with van der Waals surface area (Å²) in [6.07, 6.45) is 3.42. The molecule has 0 aliphatic carbocycles. The summed E-state index contributed by atoms with van der Waals surface area (Å²) in [4.78, 5) is 13.3. The quantitative estimate of drug-likeness (QED) is 0.833. The van der Waals surface area contributed by atoms with Crippen LogP contribution < -0.4 is 14.8 Å². The van der Waals surface area contributed by atoms with Gasteiger partial charge in [-0.1, -0.05) is 26.0 Å². The molecule has 24 heavy (non-hydrogen) atoms. The molecule has 0 radical (unpaired) electrons. The van der Waals surface area contributed by atoms with Gasteiger partial charge in [-0.15, -0.1) is 11.3 Å². The van der Waals surface area contributed by atoms with E-state index < -0.39 is 0 Å². The first-order chi connectivity index (χ1) is 11.6. The van der Waals surface area contributed by atoms with E-state index >= 15 is 0 Å². The second kappa shape index (κ2) is 7.53. The van der Waals surface area contributed by atoms with Gasteiger partial charge in [0.15, 0.2) is 11.5 Å². The van der Waals surface area contributed by atoms with Gasteiger partial charge in [-0.3, -0.25) is 4.79 Å². The van der Waals surface area contributed by atoms with Gasteiger partial charge in [-0.25, -0.2) is 0 Å². The Morgan fingerprint density at radius 2 is 2.00 bits per heavy atom. The van der Waals surface area contributed by atoms with Crippen LogP contribution in [-0.4, -0.2) is 19.1 Å². The molecule has 1 aromatic carbocycles. The fourth-order valence-corrected chi connectivity index (χ4v) is 3.25. The zero-order valence-electron chi connectivity index (χ0n) is 13.8. The molecule has 0 fully saturated rings. The normalized spacial score (nSPS) is 14.8. The summed E-state index contributed by atoms with van der Waals surface area (Å²) in [6, 6.07) is 9.72. The van der Waals surface area contributed by atoms with Crippen molar-refractivity contribution in [1.82, 2.24) is 5.32 Å². The van der Waals surface area contributed by atoms with Crippen LogP contribution in [0.4, 0.5) is 0 Å². The lowest BCUT2D eigenvalue weighted by molar-refractivity contribution is -0.117. The zero-order chi connectivity index (χ0) is 16.9. The Morgan fingerprint density at radius 3 is 2.71 bits per heavy atom. The maximum Gasteiger partial charge on any atom is 0.244 e. The Bertz CT molecular complexity index is 722. The van der Waals surface area contributed by atoms with E-state index in [4.69, 9.17) is 9.47 Å². The molecule has 3 rings (SSSR count). The van der Waals surface area contributed by atoms with Crippen LogP contribution in [0.3, 0.4) is 0 Å². The van der Waals surface area contributed by atoms with E-state index in [1.807, 2.05) is 41.8 Å². The van der Waals surface area contributed by atoms with Crippen LogP contribution >= 0.6 is 11.3 Å². The molecule has 0 saturated heterocycles. The smallest absolute Gasteiger partial charge is 0.244 e. The van der Waals surface area contributed by atoms with Crippen molar-refractivity contribution < 1.29 is 14.3 Å². The molecule has 1 N–H and O–H groups in total. The van der Waals surface area contributed by atoms with Gasteiger partial charge in [0, 0.05) is 11.0 Å². The van der Waals surface area contributed by atoms with Gasteiger partial charge < -0.3 is 14.8 Å². The molecule has 1 atom stereocenters. The van der Waals surface area contributed by atoms with Gasteiger partial charge in [0.05, 0.1) is 6.04 Å². The highest BCUT2D eigenvalue weighted by molar-refractivity contribution is 7.10. The number of carbonyl (C=O) groups is 1. The maximum absolute atomic E-state index is 12.3. The van der Waals surface area contributed by atoms with Crippen LogP contribution in [0.1, 0.15) is 30.3 Å². The summed E-state index contributed by atoms with van der Waals surface area (Å²) < 4.78 is 11.2. The molecular formula is C19H21NO3S. The molecule has 1 aliphatic heterocycles. The summed E-state index contributed by atoms with van der Waals surface area (Å²) >= 11 is 1.60. The van der Waals surface area contributed by atoms with E-state index in [2.05, 4.69) is 19.2 Å². The van der Waals surface area contributed by atoms with Gasteiger partial charge in [0.25, 0.3) is 0 Å². The molecule has 1 aromatic heterocycles. The van der Waals surface area contributed by atoms with Crippen molar-refractivity contribution in [3.8, 4) is 11.5 Å². The minimum atomic E-state index is -0.100. The molecule has 5 heteroatoms. The van der Waals surface area contributed by atoms with Crippen LogP contribution in [0.5, 0.6) is 11.5 Å². The van der Waals surface area contributed by atoms with Crippen molar-refractivity contribution in [2.24, 2.45) is 5.92 Å². The number of rotatable bonds is 5. The van der Waals surface area contributed by atoms with Crippen molar-refractivity contribution in [2.75, 3.05) is 13.2 Å². The van der Waals surface area contributed by atoms with Gasteiger partial charge in [-0.05, 0) is 41.1 Å². The highest BCUT2D eigenvalue weighted by atomic mass is 32.1. The first-order valence-corrected chi connectivity index (χ1v) is 8.93. The Balaban J connectivity index is 1.73. The van der Waals surface area contributed by atoms with Crippen molar-refractivity contribution >= 4 is 23.3 Å². The minimum Gasteiger partial charge on any atom is -0.486 e. The van der Waals surface area contributed by atoms with Crippen LogP contribution in [-0.2, 0) is 4.79 Å². The van der Waals surface area contributed by atoms with E-state index in [9.17, 15) is 4.79 Å². The summed E-state index contributed by atoms with van der Waals surface area (Å²) in [5.41, 5.74) is 1.02. The molecule has 0 saturated carbocycles. The molecule has 2 heterocycles. The minimum absolute atomic E-state index is 0.0821. The van der Waals surface area contributed by atoms with Crippen LogP contribution in [0.15, 0.2) is 41.8 Å². The lowest BCUT2D eigenvalue weighted by Gasteiger charge is -2.25. The van der Waals surface area contributed by atoms with Gasteiger partial charge >= 0.3 is 0 Å². The average Bonchev–Trinajstić information content (AvgIpc) is 3.10. The molecule has 1 aliphatic rings. The number of hydrogen-bond donors (Lipinski definition) is 1. The lowest BCUT2D eigenvalue weighted by Crippen LogP contribution is -2.30. The van der Waals surface area contributed by atoms with E-state index in [1.54, 1.807) is 17.4 Å². The molecule has 126 valence electrons. The van der Waals surface area contributed by atoms with E-state index in [1.165, 1.54) is 0 Å². The Hall–Kier alpha value is -2.27.